The van der Waals surface area contributed by atoms with Gasteiger partial charge in [0.1, 0.15) is 5.82 Å². The summed E-state index contributed by atoms with van der Waals surface area (Å²) in [6.45, 7) is 3.58. The summed E-state index contributed by atoms with van der Waals surface area (Å²) < 4.78 is 13.2. The average molecular weight is 272 g/mol. The van der Waals surface area contributed by atoms with Gasteiger partial charge in [-0.15, -0.1) is 0 Å². The van der Waals surface area contributed by atoms with Gasteiger partial charge in [0.2, 0.25) is 0 Å². The van der Waals surface area contributed by atoms with Crippen molar-refractivity contribution in [2.45, 2.75) is 13.3 Å². The minimum Gasteiger partial charge on any atom is -0.352 e. The van der Waals surface area contributed by atoms with Gasteiger partial charge in [0.05, 0.1) is 5.69 Å². The number of piperidine rings is 1. The Hall–Kier alpha value is -1.94. The van der Waals surface area contributed by atoms with Crippen LogP contribution in [0.3, 0.4) is 0 Å². The van der Waals surface area contributed by atoms with Crippen LogP contribution >= 0.6 is 0 Å². The summed E-state index contributed by atoms with van der Waals surface area (Å²) in [4.78, 5) is 15.7. The molecule has 0 amide bonds. The van der Waals surface area contributed by atoms with Crippen molar-refractivity contribution >= 4 is 16.7 Å². The SMILES string of the molecule is C/C=C1/CNCC[C@H]1C(=O)c1cc2cc(F)ccc2[nH]1. The maximum atomic E-state index is 13.2. The van der Waals surface area contributed by atoms with Crippen LogP contribution in [0, 0.1) is 11.7 Å². The number of halogens is 1. The van der Waals surface area contributed by atoms with E-state index in [4.69, 9.17) is 0 Å². The third-order valence-electron chi connectivity index (χ3n) is 3.92. The van der Waals surface area contributed by atoms with Crippen LogP contribution < -0.4 is 5.32 Å². The maximum Gasteiger partial charge on any atom is 0.186 e. The van der Waals surface area contributed by atoms with E-state index in [0.717, 1.165) is 36.0 Å². The zero-order valence-corrected chi connectivity index (χ0v) is 11.4. The minimum atomic E-state index is -0.286. The van der Waals surface area contributed by atoms with Gasteiger partial charge >= 0.3 is 0 Å². The summed E-state index contributed by atoms with van der Waals surface area (Å²) in [5, 5.41) is 4.02. The van der Waals surface area contributed by atoms with E-state index in [1.807, 2.05) is 13.0 Å². The minimum absolute atomic E-state index is 0.0702. The zero-order chi connectivity index (χ0) is 14.1. The molecule has 1 aliphatic heterocycles. The lowest BCUT2D eigenvalue weighted by atomic mass is 9.87. The summed E-state index contributed by atoms with van der Waals surface area (Å²) in [6, 6.07) is 6.26. The Morgan fingerprint density at radius 2 is 2.25 bits per heavy atom. The number of aromatic nitrogens is 1. The third-order valence-corrected chi connectivity index (χ3v) is 3.92. The molecule has 2 N–H and O–H groups in total. The molecular formula is C16H17FN2O. The Labute approximate surface area is 116 Å². The number of Topliss-reactive ketones (excluding diaryl/α,β-unsaturated/α-hetero) is 1. The number of fused-ring (bicyclic) bond motifs is 1. The first-order valence-corrected chi connectivity index (χ1v) is 6.87. The fourth-order valence-electron chi connectivity index (χ4n) is 2.81. The molecular weight excluding hydrogens is 255 g/mol. The normalized spacial score (nSPS) is 21.5. The first kappa shape index (κ1) is 13.1. The molecule has 0 saturated carbocycles. The van der Waals surface area contributed by atoms with Gasteiger partial charge in [-0.05, 0) is 49.7 Å². The van der Waals surface area contributed by atoms with Crippen molar-refractivity contribution in [3.8, 4) is 0 Å². The van der Waals surface area contributed by atoms with E-state index < -0.39 is 0 Å². The molecule has 0 aliphatic carbocycles. The number of aromatic amines is 1. The summed E-state index contributed by atoms with van der Waals surface area (Å²) in [5.41, 5.74) is 2.49. The fraction of sp³-hybridized carbons (Fsp3) is 0.312. The quantitative estimate of drug-likeness (QED) is 0.652. The number of ketones is 1. The van der Waals surface area contributed by atoms with Crippen LogP contribution in [-0.2, 0) is 0 Å². The molecule has 1 fully saturated rings. The van der Waals surface area contributed by atoms with Gasteiger partial charge < -0.3 is 10.3 Å². The molecule has 0 spiro atoms. The van der Waals surface area contributed by atoms with Crippen LogP contribution in [0.4, 0.5) is 4.39 Å². The van der Waals surface area contributed by atoms with Crippen LogP contribution in [0.15, 0.2) is 35.9 Å². The van der Waals surface area contributed by atoms with Crippen LogP contribution in [0.5, 0.6) is 0 Å². The molecule has 2 aromatic rings. The Kier molecular flexibility index (Phi) is 3.40. The second-order valence-corrected chi connectivity index (χ2v) is 5.16. The fourth-order valence-corrected chi connectivity index (χ4v) is 2.81. The van der Waals surface area contributed by atoms with Crippen molar-refractivity contribution in [3.63, 3.8) is 0 Å². The summed E-state index contributed by atoms with van der Waals surface area (Å²) in [6.07, 6.45) is 2.82. The van der Waals surface area contributed by atoms with E-state index in [-0.39, 0.29) is 17.5 Å². The highest BCUT2D eigenvalue weighted by molar-refractivity contribution is 6.02. The lowest BCUT2D eigenvalue weighted by Crippen LogP contribution is -2.34. The highest BCUT2D eigenvalue weighted by Crippen LogP contribution is 2.25. The number of nitrogens with one attached hydrogen (secondary N) is 2. The van der Waals surface area contributed by atoms with Crippen molar-refractivity contribution in [1.82, 2.24) is 10.3 Å². The molecule has 1 saturated heterocycles. The summed E-state index contributed by atoms with van der Waals surface area (Å²) in [7, 11) is 0. The highest BCUT2D eigenvalue weighted by Gasteiger charge is 2.27. The Balaban J connectivity index is 1.95. The molecule has 20 heavy (non-hydrogen) atoms. The number of H-pyrrole nitrogens is 1. The van der Waals surface area contributed by atoms with Crippen LogP contribution in [0.1, 0.15) is 23.8 Å². The van der Waals surface area contributed by atoms with Gasteiger partial charge in [0.25, 0.3) is 0 Å². The monoisotopic (exact) mass is 272 g/mol. The van der Waals surface area contributed by atoms with Gasteiger partial charge in [0.15, 0.2) is 5.78 Å². The predicted molar refractivity (Wildman–Crippen MR) is 77.3 cm³/mol. The number of hydrogen-bond acceptors (Lipinski definition) is 2. The third kappa shape index (κ3) is 2.27. The first-order valence-electron chi connectivity index (χ1n) is 6.87. The molecule has 4 heteroatoms. The second-order valence-electron chi connectivity index (χ2n) is 5.16. The summed E-state index contributed by atoms with van der Waals surface area (Å²) >= 11 is 0. The van der Waals surface area contributed by atoms with Crippen molar-refractivity contribution in [2.24, 2.45) is 5.92 Å². The number of allylic oxidation sites excluding steroid dienone is 1. The van der Waals surface area contributed by atoms with Crippen molar-refractivity contribution in [2.75, 3.05) is 13.1 Å². The van der Waals surface area contributed by atoms with E-state index in [1.54, 1.807) is 12.1 Å². The van der Waals surface area contributed by atoms with E-state index in [1.165, 1.54) is 12.1 Å². The number of benzene rings is 1. The number of hydrogen-bond donors (Lipinski definition) is 2. The molecule has 0 radical (unpaired) electrons. The van der Waals surface area contributed by atoms with Crippen LogP contribution in [0.2, 0.25) is 0 Å². The lowest BCUT2D eigenvalue weighted by molar-refractivity contribution is 0.0922. The van der Waals surface area contributed by atoms with Crippen molar-refractivity contribution in [3.05, 3.63) is 47.4 Å². The van der Waals surface area contributed by atoms with Gasteiger partial charge in [-0.25, -0.2) is 4.39 Å². The molecule has 2 heterocycles. The van der Waals surface area contributed by atoms with E-state index in [0.29, 0.717) is 5.69 Å². The van der Waals surface area contributed by atoms with E-state index >= 15 is 0 Å². The van der Waals surface area contributed by atoms with Gasteiger partial charge in [0, 0.05) is 23.4 Å². The van der Waals surface area contributed by atoms with Crippen LogP contribution in [0.25, 0.3) is 10.9 Å². The smallest absolute Gasteiger partial charge is 0.186 e. The molecule has 0 unspecified atom stereocenters. The molecule has 3 nitrogen and oxygen atoms in total. The molecule has 3 rings (SSSR count). The maximum absolute atomic E-state index is 13.2. The van der Waals surface area contributed by atoms with Crippen LogP contribution in [-0.4, -0.2) is 23.9 Å². The van der Waals surface area contributed by atoms with Crippen molar-refractivity contribution in [1.29, 1.82) is 0 Å². The lowest BCUT2D eigenvalue weighted by Gasteiger charge is -2.24. The van der Waals surface area contributed by atoms with Gasteiger partial charge in [-0.1, -0.05) is 6.08 Å². The molecule has 104 valence electrons. The Bertz CT molecular complexity index is 687. The Morgan fingerprint density at radius 1 is 1.40 bits per heavy atom. The standard InChI is InChI=1S/C16H17FN2O/c1-2-10-9-18-6-5-13(10)16(20)15-8-11-7-12(17)3-4-14(11)19-15/h2-4,7-8,13,18-19H,5-6,9H2,1H3/b10-2-/t13-/m1/s1. The molecule has 0 bridgehead atoms. The number of carbonyl (C=O) groups excluding carboxylic acids is 1. The largest absolute Gasteiger partial charge is 0.352 e. The molecule has 1 atom stereocenters. The predicted octanol–water partition coefficient (Wildman–Crippen LogP) is 3.05. The topological polar surface area (TPSA) is 44.9 Å². The Morgan fingerprint density at radius 3 is 3.05 bits per heavy atom. The molecule has 1 aromatic carbocycles. The summed E-state index contributed by atoms with van der Waals surface area (Å²) in [5.74, 6) is -0.262. The molecule has 1 aromatic heterocycles. The van der Waals surface area contributed by atoms with Crippen molar-refractivity contribution < 1.29 is 9.18 Å². The van der Waals surface area contributed by atoms with Gasteiger partial charge in [-0.3, -0.25) is 4.79 Å². The first-order chi connectivity index (χ1) is 9.69. The number of carbonyl (C=O) groups is 1. The van der Waals surface area contributed by atoms with E-state index in [9.17, 15) is 9.18 Å². The second kappa shape index (κ2) is 5.21. The number of rotatable bonds is 2. The van der Waals surface area contributed by atoms with E-state index in [2.05, 4.69) is 10.3 Å². The zero-order valence-electron chi connectivity index (χ0n) is 11.4. The highest BCUT2D eigenvalue weighted by atomic mass is 19.1. The van der Waals surface area contributed by atoms with Gasteiger partial charge in [-0.2, -0.15) is 0 Å². The average Bonchev–Trinajstić information content (AvgIpc) is 2.89. The molecule has 1 aliphatic rings.